The molecule has 42 heavy (non-hydrogen) atoms. The number of fused-ring (bicyclic) bond motifs is 1. The van der Waals surface area contributed by atoms with Crippen LogP contribution in [0, 0.1) is 11.6 Å². The molecule has 1 aliphatic carbocycles. The Morgan fingerprint density at radius 3 is 2.38 bits per heavy atom. The number of hydrogen-bond acceptors (Lipinski definition) is 7. The SMILES string of the molecule is CN(C)C1CCC(Nc2ncc3cc(-c4c(F)ccc(NS(=O)(=O)c5cncc(C(F)(F)F)c5)c4F)ccc3n2)CC1. The zero-order valence-electron chi connectivity index (χ0n) is 22.6. The largest absolute Gasteiger partial charge is 0.417 e. The number of rotatable bonds is 7. The summed E-state index contributed by atoms with van der Waals surface area (Å²) < 4.78 is 96.9. The van der Waals surface area contributed by atoms with Crippen LogP contribution in [0.4, 0.5) is 33.6 Å². The number of nitrogens with one attached hydrogen (secondary N) is 2. The van der Waals surface area contributed by atoms with Crippen molar-refractivity contribution in [3.05, 3.63) is 72.2 Å². The third-order valence-corrected chi connectivity index (χ3v) is 8.65. The smallest absolute Gasteiger partial charge is 0.351 e. The highest BCUT2D eigenvalue weighted by atomic mass is 32.2. The maximum atomic E-state index is 15.5. The third kappa shape index (κ3) is 6.28. The Hall–Kier alpha value is -3.91. The predicted octanol–water partition coefficient (Wildman–Crippen LogP) is 6.07. The minimum atomic E-state index is -4.84. The van der Waals surface area contributed by atoms with Crippen molar-refractivity contribution in [3.63, 3.8) is 0 Å². The first-order valence-corrected chi connectivity index (χ1v) is 14.5. The molecular formula is C28H27F5N6O2S. The molecule has 2 N–H and O–H groups in total. The summed E-state index contributed by atoms with van der Waals surface area (Å²) in [6, 6.07) is 7.35. The van der Waals surface area contributed by atoms with Gasteiger partial charge in [-0.15, -0.1) is 0 Å². The van der Waals surface area contributed by atoms with Crippen LogP contribution in [0.1, 0.15) is 31.2 Å². The van der Waals surface area contributed by atoms with Crippen molar-refractivity contribution in [2.24, 2.45) is 0 Å². The molecule has 14 heteroatoms. The fourth-order valence-corrected chi connectivity index (χ4v) is 6.04. The average Bonchev–Trinajstić information content (AvgIpc) is 2.94. The Morgan fingerprint density at radius 2 is 1.69 bits per heavy atom. The molecular weight excluding hydrogens is 579 g/mol. The first-order chi connectivity index (χ1) is 19.8. The number of aromatic nitrogens is 3. The van der Waals surface area contributed by atoms with Crippen molar-refractivity contribution in [1.29, 1.82) is 0 Å². The summed E-state index contributed by atoms with van der Waals surface area (Å²) in [4.78, 5) is 13.6. The predicted molar refractivity (Wildman–Crippen MR) is 148 cm³/mol. The van der Waals surface area contributed by atoms with Gasteiger partial charge in [0.05, 0.1) is 22.3 Å². The molecule has 5 rings (SSSR count). The second kappa shape index (κ2) is 11.4. The molecule has 1 aliphatic rings. The number of benzene rings is 2. The number of anilines is 2. The molecule has 0 amide bonds. The van der Waals surface area contributed by atoms with Crippen LogP contribution >= 0.6 is 0 Å². The number of sulfonamides is 1. The molecule has 4 aromatic rings. The van der Waals surface area contributed by atoms with Crippen molar-refractivity contribution < 1.29 is 30.4 Å². The van der Waals surface area contributed by atoms with Crippen LogP contribution in [0.15, 0.2) is 59.9 Å². The molecule has 1 saturated carbocycles. The molecule has 0 radical (unpaired) electrons. The lowest BCUT2D eigenvalue weighted by molar-refractivity contribution is -0.138. The molecule has 0 aliphatic heterocycles. The van der Waals surface area contributed by atoms with Crippen LogP contribution in [0.5, 0.6) is 0 Å². The van der Waals surface area contributed by atoms with Gasteiger partial charge in [-0.25, -0.2) is 27.2 Å². The lowest BCUT2D eigenvalue weighted by Crippen LogP contribution is -2.36. The molecule has 0 unspecified atom stereocenters. The van der Waals surface area contributed by atoms with Gasteiger partial charge in [0, 0.05) is 36.1 Å². The Labute approximate surface area is 239 Å². The van der Waals surface area contributed by atoms with Crippen LogP contribution in [0.2, 0.25) is 0 Å². The van der Waals surface area contributed by atoms with E-state index in [1.54, 1.807) is 6.07 Å². The minimum Gasteiger partial charge on any atom is -0.351 e. The van der Waals surface area contributed by atoms with E-state index in [0.717, 1.165) is 37.8 Å². The van der Waals surface area contributed by atoms with Crippen LogP contribution in [0.25, 0.3) is 22.0 Å². The van der Waals surface area contributed by atoms with E-state index in [2.05, 4.69) is 39.3 Å². The van der Waals surface area contributed by atoms with Crippen LogP contribution < -0.4 is 10.0 Å². The van der Waals surface area contributed by atoms with Gasteiger partial charge in [0.2, 0.25) is 5.95 Å². The Kier molecular flexibility index (Phi) is 8.03. The summed E-state index contributed by atoms with van der Waals surface area (Å²) in [5.74, 6) is -1.77. The first kappa shape index (κ1) is 29.6. The molecule has 8 nitrogen and oxygen atoms in total. The summed E-state index contributed by atoms with van der Waals surface area (Å²) in [5, 5.41) is 3.85. The van der Waals surface area contributed by atoms with Crippen molar-refractivity contribution in [1.82, 2.24) is 19.9 Å². The summed E-state index contributed by atoms with van der Waals surface area (Å²) in [6.45, 7) is 0. The van der Waals surface area contributed by atoms with Gasteiger partial charge in [0.15, 0.2) is 5.82 Å². The van der Waals surface area contributed by atoms with E-state index in [4.69, 9.17) is 0 Å². The van der Waals surface area contributed by atoms with Gasteiger partial charge in [0.1, 0.15) is 10.7 Å². The van der Waals surface area contributed by atoms with Gasteiger partial charge >= 0.3 is 6.18 Å². The fraction of sp³-hybridized carbons (Fsp3) is 0.321. The normalized spacial score (nSPS) is 17.9. The van der Waals surface area contributed by atoms with Crippen LogP contribution in [0.3, 0.4) is 0 Å². The lowest BCUT2D eigenvalue weighted by Gasteiger charge is -2.32. The monoisotopic (exact) mass is 606 g/mol. The van der Waals surface area contributed by atoms with E-state index in [9.17, 15) is 26.0 Å². The Balaban J connectivity index is 1.38. The molecule has 0 saturated heterocycles. The van der Waals surface area contributed by atoms with E-state index in [1.165, 1.54) is 18.3 Å². The molecule has 0 spiro atoms. The van der Waals surface area contributed by atoms with E-state index < -0.39 is 49.5 Å². The number of halogens is 5. The van der Waals surface area contributed by atoms with Gasteiger partial charge < -0.3 is 10.2 Å². The second-order valence-electron chi connectivity index (χ2n) is 10.4. The molecule has 222 valence electrons. The van der Waals surface area contributed by atoms with Crippen LogP contribution in [-0.2, 0) is 16.2 Å². The standard InChI is InChI=1S/C28H27F5N6O2S/c1-39(2)20-6-4-19(5-7-20)36-27-35-13-17-11-16(3-9-23(17)37-27)25-22(29)8-10-24(26(25)30)38-42(40,41)21-12-18(14-34-15-21)28(31,32)33/h3,8-15,19-20,38H,4-7H2,1-2H3,(H,35,36,37). The van der Waals surface area contributed by atoms with Crippen molar-refractivity contribution in [2.45, 2.75) is 48.8 Å². The minimum absolute atomic E-state index is 0.0885. The maximum absolute atomic E-state index is 15.5. The lowest BCUT2D eigenvalue weighted by atomic mass is 9.91. The van der Waals surface area contributed by atoms with E-state index in [1.807, 2.05) is 4.72 Å². The van der Waals surface area contributed by atoms with Gasteiger partial charge in [-0.1, -0.05) is 6.07 Å². The fourth-order valence-electron chi connectivity index (χ4n) is 5.00. The Morgan fingerprint density at radius 1 is 0.952 bits per heavy atom. The van der Waals surface area contributed by atoms with Gasteiger partial charge in [-0.05, 0) is 75.7 Å². The van der Waals surface area contributed by atoms with Gasteiger partial charge in [0.25, 0.3) is 10.0 Å². The molecule has 2 heterocycles. The number of alkyl halides is 3. The zero-order valence-corrected chi connectivity index (χ0v) is 23.4. The van der Waals surface area contributed by atoms with Crippen molar-refractivity contribution >= 4 is 32.6 Å². The average molecular weight is 607 g/mol. The molecule has 2 aromatic heterocycles. The van der Waals surface area contributed by atoms with E-state index in [0.29, 0.717) is 41.4 Å². The summed E-state index contributed by atoms with van der Waals surface area (Å²) in [5.41, 5.74) is -1.85. The van der Waals surface area contributed by atoms with Gasteiger partial charge in [-0.2, -0.15) is 13.2 Å². The molecule has 0 atom stereocenters. The highest BCUT2D eigenvalue weighted by Gasteiger charge is 2.33. The van der Waals surface area contributed by atoms with Gasteiger partial charge in [-0.3, -0.25) is 9.71 Å². The van der Waals surface area contributed by atoms with E-state index >= 15 is 4.39 Å². The zero-order chi connectivity index (χ0) is 30.2. The maximum Gasteiger partial charge on any atom is 0.417 e. The van der Waals surface area contributed by atoms with Crippen molar-refractivity contribution in [3.8, 4) is 11.1 Å². The number of nitrogens with zero attached hydrogens (tertiary/aromatic N) is 4. The summed E-state index contributed by atoms with van der Waals surface area (Å²) >= 11 is 0. The third-order valence-electron chi connectivity index (χ3n) is 7.31. The van der Waals surface area contributed by atoms with Crippen molar-refractivity contribution in [2.75, 3.05) is 24.1 Å². The quantitative estimate of drug-likeness (QED) is 0.246. The molecule has 2 aromatic carbocycles. The van der Waals surface area contributed by atoms with E-state index in [-0.39, 0.29) is 11.6 Å². The number of pyridine rings is 1. The molecule has 1 fully saturated rings. The second-order valence-corrected chi connectivity index (χ2v) is 12.1. The molecule has 0 bridgehead atoms. The summed E-state index contributed by atoms with van der Waals surface area (Å²) in [6.07, 6.45) is 1.93. The topological polar surface area (TPSA) is 100 Å². The summed E-state index contributed by atoms with van der Waals surface area (Å²) in [7, 11) is -0.547. The Bertz CT molecular complexity index is 1720. The number of hydrogen-bond donors (Lipinski definition) is 2. The first-order valence-electron chi connectivity index (χ1n) is 13.0. The van der Waals surface area contributed by atoms with Crippen LogP contribution in [-0.4, -0.2) is 54.4 Å². The highest BCUT2D eigenvalue weighted by Crippen LogP contribution is 2.34. The highest BCUT2D eigenvalue weighted by molar-refractivity contribution is 7.92.